The van der Waals surface area contributed by atoms with E-state index >= 15 is 0 Å². The lowest BCUT2D eigenvalue weighted by atomic mass is 9.98. The van der Waals surface area contributed by atoms with Crippen molar-refractivity contribution in [3.05, 3.63) is 0 Å². The Morgan fingerprint density at radius 3 is 1.88 bits per heavy atom. The summed E-state index contributed by atoms with van der Waals surface area (Å²) >= 11 is 1.44. The van der Waals surface area contributed by atoms with Crippen LogP contribution in [0.15, 0.2) is 9.98 Å². The molecule has 0 spiro atoms. The summed E-state index contributed by atoms with van der Waals surface area (Å²) < 4.78 is 0. The Labute approximate surface area is 397 Å². The van der Waals surface area contributed by atoms with Crippen molar-refractivity contribution in [2.45, 2.75) is 121 Å². The zero-order chi connectivity index (χ0) is 49.3. The van der Waals surface area contributed by atoms with Crippen LogP contribution in [0.3, 0.4) is 0 Å². The molecule has 17 N–H and O–H groups in total. The molecule has 2 aliphatic heterocycles. The minimum atomic E-state index is -1.25. The van der Waals surface area contributed by atoms with Crippen molar-refractivity contribution < 1.29 is 43.2 Å². The van der Waals surface area contributed by atoms with Crippen LogP contribution < -0.4 is 65.9 Å². The maximum atomic E-state index is 14.4. The first-order valence-corrected chi connectivity index (χ1v) is 25.6. The number of amides is 9. The van der Waals surface area contributed by atoms with Gasteiger partial charge in [0.05, 0.1) is 6.54 Å². The number of fused-ring (bicyclic) bond motifs is 1. The van der Waals surface area contributed by atoms with Gasteiger partial charge in [0.15, 0.2) is 11.9 Å². The Balaban J connectivity index is 2.64. The van der Waals surface area contributed by atoms with Crippen molar-refractivity contribution in [1.29, 1.82) is 0 Å². The lowest BCUT2D eigenvalue weighted by Gasteiger charge is -2.38. The van der Waals surface area contributed by atoms with Gasteiger partial charge in [0.25, 0.3) is 0 Å². The molecular formula is C39H69N15O9S3. The third kappa shape index (κ3) is 21.4. The first kappa shape index (κ1) is 56.9. The highest BCUT2D eigenvalue weighted by Crippen LogP contribution is 2.24. The summed E-state index contributed by atoms with van der Waals surface area (Å²) in [6.45, 7) is 4.65. The van der Waals surface area contributed by atoms with Gasteiger partial charge in [0.1, 0.15) is 42.3 Å². The molecule has 0 aromatic rings. The zero-order valence-corrected chi connectivity index (χ0v) is 40.5. The van der Waals surface area contributed by atoms with Gasteiger partial charge in [-0.1, -0.05) is 35.4 Å². The molecule has 0 bridgehead atoms. The quantitative estimate of drug-likeness (QED) is 0.0324. The summed E-state index contributed by atoms with van der Waals surface area (Å²) in [5.41, 5.74) is 27.5. The van der Waals surface area contributed by atoms with E-state index in [4.69, 9.17) is 28.7 Å². The fourth-order valence-corrected chi connectivity index (χ4v) is 9.70. The number of nitrogens with two attached hydrogens (primary N) is 5. The molecule has 27 heteroatoms. The number of hydrogen-bond acceptors (Lipinski definition) is 14. The van der Waals surface area contributed by atoms with Gasteiger partial charge < -0.3 is 70.8 Å². The third-order valence-corrected chi connectivity index (χ3v) is 13.2. The second kappa shape index (κ2) is 30.2. The summed E-state index contributed by atoms with van der Waals surface area (Å²) in [5, 5.41) is 18.5. The normalized spacial score (nSPS) is 24.8. The molecule has 2 aliphatic rings. The van der Waals surface area contributed by atoms with Crippen molar-refractivity contribution in [2.75, 3.05) is 49.7 Å². The highest BCUT2D eigenvalue weighted by Gasteiger charge is 2.39. The van der Waals surface area contributed by atoms with Crippen LogP contribution in [-0.2, 0) is 43.2 Å². The number of guanidine groups is 2. The average molecular weight is 988 g/mol. The Morgan fingerprint density at radius 1 is 0.742 bits per heavy atom. The van der Waals surface area contributed by atoms with E-state index in [0.29, 0.717) is 18.6 Å². The molecule has 0 aromatic carbocycles. The van der Waals surface area contributed by atoms with Crippen LogP contribution in [0.2, 0.25) is 0 Å². The van der Waals surface area contributed by atoms with Gasteiger partial charge >= 0.3 is 0 Å². The van der Waals surface area contributed by atoms with E-state index in [1.54, 1.807) is 0 Å². The van der Waals surface area contributed by atoms with Crippen LogP contribution in [0.25, 0.3) is 0 Å². The minimum absolute atomic E-state index is 0.00577. The largest absolute Gasteiger partial charge is 0.370 e. The molecule has 0 saturated carbocycles. The third-order valence-electron chi connectivity index (χ3n) is 10.2. The monoisotopic (exact) mass is 987 g/mol. The van der Waals surface area contributed by atoms with E-state index < -0.39 is 102 Å². The van der Waals surface area contributed by atoms with Crippen molar-refractivity contribution in [3.8, 4) is 0 Å². The number of nitrogens with zero attached hydrogens (tertiary/aromatic N) is 3. The van der Waals surface area contributed by atoms with E-state index in [9.17, 15) is 43.2 Å². The number of nitrogens with one attached hydrogen (secondary N) is 7. The van der Waals surface area contributed by atoms with E-state index in [1.807, 2.05) is 20.1 Å². The van der Waals surface area contributed by atoms with Crippen LogP contribution in [-0.4, -0.2) is 162 Å². The van der Waals surface area contributed by atoms with Crippen molar-refractivity contribution in [2.24, 2.45) is 44.6 Å². The van der Waals surface area contributed by atoms with Crippen LogP contribution in [0.4, 0.5) is 0 Å². The van der Waals surface area contributed by atoms with Gasteiger partial charge in [0.2, 0.25) is 53.2 Å². The molecule has 2 rings (SSSR count). The van der Waals surface area contributed by atoms with E-state index in [2.05, 4.69) is 47.2 Å². The van der Waals surface area contributed by atoms with Crippen LogP contribution in [0.1, 0.15) is 78.6 Å². The summed E-state index contributed by atoms with van der Waals surface area (Å²) in [7, 11) is 2.18. The number of aliphatic imine (C=N–C) groups is 2. The molecule has 0 unspecified atom stereocenters. The predicted octanol–water partition coefficient (Wildman–Crippen LogP) is -3.80. The number of primary amides is 1. The average Bonchev–Trinajstić information content (AvgIpc) is 3.25. The topological polar surface area (TPSA) is 396 Å². The molecule has 24 nitrogen and oxygen atoms in total. The smallest absolute Gasteiger partial charge is 0.245 e. The molecule has 372 valence electrons. The minimum Gasteiger partial charge on any atom is -0.370 e. The lowest BCUT2D eigenvalue weighted by molar-refractivity contribution is -0.146. The van der Waals surface area contributed by atoms with Gasteiger partial charge in [0, 0.05) is 38.1 Å². The highest BCUT2D eigenvalue weighted by molar-refractivity contribution is 8.76. The predicted molar refractivity (Wildman–Crippen MR) is 256 cm³/mol. The molecule has 0 aromatic heterocycles. The number of carbonyl (C=O) groups excluding carboxylic acids is 9. The van der Waals surface area contributed by atoms with E-state index in [-0.39, 0.29) is 93.9 Å². The first-order chi connectivity index (χ1) is 31.2. The van der Waals surface area contributed by atoms with Crippen LogP contribution in [0.5, 0.6) is 0 Å². The summed E-state index contributed by atoms with van der Waals surface area (Å²) in [6.07, 6.45) is 4.01. The Morgan fingerprint density at radius 2 is 1.30 bits per heavy atom. The SMILES string of the molecule is CSCC[C@@H]1NC(=O)[C@H](NC(C)=O)CSSC[C@@H](C(N)=O)NC(=O)CNC(=O)[C@H](CCCN=C(N)N)NC(=O)[C@H](CC(C)C)NC(=O)[C@H](CCCN=C(N)N)NC(=O)[C@@H]2CCCCN2C1=O. The van der Waals surface area contributed by atoms with Gasteiger partial charge in [-0.15, -0.1) is 0 Å². The van der Waals surface area contributed by atoms with Crippen molar-refractivity contribution in [1.82, 2.24) is 42.1 Å². The second-order valence-electron chi connectivity index (χ2n) is 16.2. The van der Waals surface area contributed by atoms with Crippen LogP contribution in [0, 0.1) is 5.92 Å². The van der Waals surface area contributed by atoms with Gasteiger partial charge in [-0.05, 0) is 75.7 Å². The zero-order valence-electron chi connectivity index (χ0n) is 38.1. The van der Waals surface area contributed by atoms with Gasteiger partial charge in [-0.2, -0.15) is 11.8 Å². The second-order valence-corrected chi connectivity index (χ2v) is 19.7. The summed E-state index contributed by atoms with van der Waals surface area (Å²) in [4.78, 5) is 131. The summed E-state index contributed by atoms with van der Waals surface area (Å²) in [6, 6.07) is -8.18. The number of thioether (sulfide) groups is 1. The molecule has 2 fully saturated rings. The van der Waals surface area contributed by atoms with E-state index in [0.717, 1.165) is 21.6 Å². The number of hydrogen-bond donors (Lipinski definition) is 12. The number of rotatable bonds is 15. The number of piperidine rings is 1. The van der Waals surface area contributed by atoms with Crippen molar-refractivity contribution >= 4 is 98.4 Å². The molecule has 2 heterocycles. The van der Waals surface area contributed by atoms with Gasteiger partial charge in [-0.25, -0.2) is 0 Å². The molecule has 9 amide bonds. The number of carbonyl (C=O) groups is 9. The fraction of sp³-hybridized carbons (Fsp3) is 0.718. The van der Waals surface area contributed by atoms with Gasteiger partial charge in [-0.3, -0.25) is 53.1 Å². The summed E-state index contributed by atoms with van der Waals surface area (Å²) in [5.74, 6) is -6.39. The molecule has 2 saturated heterocycles. The molecular weight excluding hydrogens is 919 g/mol. The Bertz CT molecular complexity index is 1750. The maximum absolute atomic E-state index is 14.4. The standard InChI is InChI=1S/C39H69N15O9S3/c1-21(2)17-26-34(60)50-23(9-7-13-45-38(41)42)32(58)47-18-30(56)49-27(31(40)57)19-65-66-20-28(48-22(3)55)35(61)52-25(12-16-64-4)37(63)54-15-6-5-11-29(54)36(62)51-24(33(59)53-26)10-8-14-46-39(43)44/h21,23-29H,5-20H2,1-4H3,(H2,40,57)(H,47,58)(H,48,55)(H,49,56)(H,50,60)(H,51,62)(H,52,61)(H,53,59)(H4,41,42,45)(H4,43,44,46)/t23-,24-,25-,26-,27-,28+,29-/m0/s1. The van der Waals surface area contributed by atoms with Crippen LogP contribution >= 0.6 is 33.3 Å². The molecule has 0 radical (unpaired) electrons. The molecule has 66 heavy (non-hydrogen) atoms. The Hall–Kier alpha value is -5.18. The molecule has 0 aliphatic carbocycles. The highest BCUT2D eigenvalue weighted by atomic mass is 33.1. The molecule has 7 atom stereocenters. The first-order valence-electron chi connectivity index (χ1n) is 21.7. The fourth-order valence-electron chi connectivity index (χ4n) is 6.89. The lowest BCUT2D eigenvalue weighted by Crippen LogP contribution is -2.61. The van der Waals surface area contributed by atoms with Crippen molar-refractivity contribution in [3.63, 3.8) is 0 Å². The Kier molecular flexibility index (Phi) is 26.0. The van der Waals surface area contributed by atoms with E-state index in [1.165, 1.54) is 23.6 Å². The maximum Gasteiger partial charge on any atom is 0.245 e.